The van der Waals surface area contributed by atoms with Crippen molar-refractivity contribution in [1.82, 2.24) is 15.8 Å². The van der Waals surface area contributed by atoms with E-state index in [-0.39, 0.29) is 30.8 Å². The number of benzene rings is 1. The van der Waals surface area contributed by atoms with Crippen molar-refractivity contribution >= 4 is 23.2 Å². The molecule has 1 atom stereocenters. The Labute approximate surface area is 139 Å². The zero-order valence-electron chi connectivity index (χ0n) is 13.2. The molecule has 0 aliphatic rings. The number of aromatic nitrogens is 1. The van der Waals surface area contributed by atoms with Crippen molar-refractivity contribution in [1.29, 1.82) is 0 Å². The second-order valence-electron chi connectivity index (χ2n) is 5.29. The first-order valence-electron chi connectivity index (χ1n) is 7.41. The smallest absolute Gasteiger partial charge is 0.293 e. The maximum Gasteiger partial charge on any atom is 0.293 e. The molecule has 1 aromatic carbocycles. The number of nitrogens with one attached hydrogen (secondary N) is 2. The number of hydrogen-bond acceptors (Lipinski definition) is 4. The summed E-state index contributed by atoms with van der Waals surface area (Å²) in [4.78, 5) is 27.7. The standard InChI is InChI=1S/C16H20N4O2S/c1-11-10-23-16(18-11)8-14(21)19-20-15(22)9-17-12(2)13-6-4-3-5-7-13/h3-7,10,12,17H,8-9H2,1-2H3,(H,19,21)(H,20,22)/p+1/t12-/m1/s1. The van der Waals surface area contributed by atoms with Gasteiger partial charge in [0.05, 0.1) is 6.42 Å². The van der Waals surface area contributed by atoms with Gasteiger partial charge in [-0.3, -0.25) is 20.4 Å². The molecule has 0 fully saturated rings. The Balaban J connectivity index is 1.67. The first-order valence-corrected chi connectivity index (χ1v) is 8.29. The molecule has 0 radical (unpaired) electrons. The van der Waals surface area contributed by atoms with Gasteiger partial charge in [0.2, 0.25) is 5.91 Å². The third kappa shape index (κ3) is 5.80. The van der Waals surface area contributed by atoms with Crippen LogP contribution in [0.1, 0.15) is 29.2 Å². The molecular weight excluding hydrogens is 312 g/mol. The van der Waals surface area contributed by atoms with Crippen molar-refractivity contribution in [2.24, 2.45) is 0 Å². The van der Waals surface area contributed by atoms with E-state index in [9.17, 15) is 9.59 Å². The van der Waals surface area contributed by atoms with Crippen LogP contribution < -0.4 is 16.2 Å². The van der Waals surface area contributed by atoms with Crippen LogP contribution in [0.4, 0.5) is 0 Å². The van der Waals surface area contributed by atoms with Crippen LogP contribution in [0.25, 0.3) is 0 Å². The number of carbonyl (C=O) groups is 2. The van der Waals surface area contributed by atoms with Gasteiger partial charge in [-0.1, -0.05) is 30.3 Å². The van der Waals surface area contributed by atoms with Crippen LogP contribution in [0.2, 0.25) is 0 Å². The van der Waals surface area contributed by atoms with Gasteiger partial charge in [0.1, 0.15) is 11.0 Å². The molecule has 0 saturated carbocycles. The summed E-state index contributed by atoms with van der Waals surface area (Å²) in [5.41, 5.74) is 6.89. The molecule has 0 unspecified atom stereocenters. The van der Waals surface area contributed by atoms with E-state index in [1.165, 1.54) is 11.3 Å². The number of nitrogens with two attached hydrogens (primary N) is 1. The molecule has 0 bridgehead atoms. The number of hydrazine groups is 1. The lowest BCUT2D eigenvalue weighted by molar-refractivity contribution is -0.682. The van der Waals surface area contributed by atoms with E-state index < -0.39 is 0 Å². The van der Waals surface area contributed by atoms with Crippen molar-refractivity contribution in [3.8, 4) is 0 Å². The van der Waals surface area contributed by atoms with E-state index in [1.54, 1.807) is 0 Å². The fourth-order valence-corrected chi connectivity index (χ4v) is 2.80. The second kappa shape index (κ2) is 8.40. The van der Waals surface area contributed by atoms with Gasteiger partial charge in [0, 0.05) is 16.6 Å². The van der Waals surface area contributed by atoms with Gasteiger partial charge >= 0.3 is 0 Å². The van der Waals surface area contributed by atoms with Crippen molar-refractivity contribution in [3.05, 3.63) is 52.0 Å². The Morgan fingerprint density at radius 2 is 1.91 bits per heavy atom. The first kappa shape index (κ1) is 17.1. The number of hydrogen-bond donors (Lipinski definition) is 3. The summed E-state index contributed by atoms with van der Waals surface area (Å²) in [5.74, 6) is -0.514. The predicted octanol–water partition coefficient (Wildman–Crippen LogP) is 0.466. The number of rotatable bonds is 6. The zero-order chi connectivity index (χ0) is 16.7. The van der Waals surface area contributed by atoms with Crippen molar-refractivity contribution in [3.63, 3.8) is 0 Å². The molecular formula is C16H21N4O2S+. The van der Waals surface area contributed by atoms with Gasteiger partial charge in [-0.2, -0.15) is 0 Å². The lowest BCUT2D eigenvalue weighted by Crippen LogP contribution is -2.87. The highest BCUT2D eigenvalue weighted by Crippen LogP contribution is 2.08. The van der Waals surface area contributed by atoms with Crippen molar-refractivity contribution < 1.29 is 14.9 Å². The van der Waals surface area contributed by atoms with E-state index in [1.807, 2.05) is 54.9 Å². The SMILES string of the molecule is Cc1csc(CC(=O)NNC(=O)C[NH2+][C@H](C)c2ccccc2)n1. The zero-order valence-corrected chi connectivity index (χ0v) is 14.0. The minimum atomic E-state index is -0.274. The summed E-state index contributed by atoms with van der Waals surface area (Å²) in [6.45, 7) is 4.15. The van der Waals surface area contributed by atoms with E-state index in [0.29, 0.717) is 0 Å². The summed E-state index contributed by atoms with van der Waals surface area (Å²) in [6.07, 6.45) is 0.170. The molecule has 23 heavy (non-hydrogen) atoms. The van der Waals surface area contributed by atoms with Gasteiger partial charge < -0.3 is 5.32 Å². The van der Waals surface area contributed by atoms with Gasteiger partial charge in [-0.15, -0.1) is 11.3 Å². The molecule has 6 nitrogen and oxygen atoms in total. The molecule has 1 aromatic heterocycles. The monoisotopic (exact) mass is 333 g/mol. The van der Waals surface area contributed by atoms with Crippen LogP contribution in [-0.4, -0.2) is 23.3 Å². The van der Waals surface area contributed by atoms with E-state index in [0.717, 1.165) is 16.3 Å². The normalized spacial score (nSPS) is 11.7. The summed E-state index contributed by atoms with van der Waals surface area (Å²) in [7, 11) is 0. The summed E-state index contributed by atoms with van der Waals surface area (Å²) < 4.78 is 0. The van der Waals surface area contributed by atoms with Crippen LogP contribution in [0.5, 0.6) is 0 Å². The van der Waals surface area contributed by atoms with Crippen LogP contribution in [-0.2, 0) is 16.0 Å². The number of amides is 2. The fourth-order valence-electron chi connectivity index (χ4n) is 2.03. The highest BCUT2D eigenvalue weighted by Gasteiger charge is 2.12. The van der Waals surface area contributed by atoms with Crippen molar-refractivity contribution in [2.75, 3.05) is 6.54 Å². The number of carbonyl (C=O) groups excluding carboxylic acids is 2. The lowest BCUT2D eigenvalue weighted by Gasteiger charge is -2.11. The van der Waals surface area contributed by atoms with Crippen LogP contribution in [0, 0.1) is 6.92 Å². The third-order valence-electron chi connectivity index (χ3n) is 3.30. The highest BCUT2D eigenvalue weighted by atomic mass is 32.1. The Morgan fingerprint density at radius 3 is 2.57 bits per heavy atom. The van der Waals surface area contributed by atoms with E-state index in [2.05, 4.69) is 15.8 Å². The molecule has 0 aliphatic heterocycles. The first-order chi connectivity index (χ1) is 11.0. The molecule has 7 heteroatoms. The Hall–Kier alpha value is -2.25. The predicted molar refractivity (Wildman–Crippen MR) is 88.5 cm³/mol. The Kier molecular flexibility index (Phi) is 6.25. The van der Waals surface area contributed by atoms with Crippen molar-refractivity contribution in [2.45, 2.75) is 26.3 Å². The molecule has 0 aliphatic carbocycles. The van der Waals surface area contributed by atoms with Crippen LogP contribution in [0.3, 0.4) is 0 Å². The molecule has 122 valence electrons. The highest BCUT2D eigenvalue weighted by molar-refractivity contribution is 7.09. The minimum Gasteiger partial charge on any atom is -0.332 e. The molecule has 2 amide bonds. The van der Waals surface area contributed by atoms with Gasteiger partial charge in [-0.25, -0.2) is 4.98 Å². The number of thiazole rings is 1. The number of quaternary nitrogens is 1. The topological polar surface area (TPSA) is 87.7 Å². The quantitative estimate of drug-likeness (QED) is 0.671. The lowest BCUT2D eigenvalue weighted by atomic mass is 10.1. The molecule has 0 saturated heterocycles. The molecule has 2 aromatic rings. The maximum atomic E-state index is 11.8. The van der Waals surface area contributed by atoms with E-state index in [4.69, 9.17) is 0 Å². The summed E-state index contributed by atoms with van der Waals surface area (Å²) >= 11 is 1.43. The summed E-state index contributed by atoms with van der Waals surface area (Å²) in [6, 6.07) is 10.1. The largest absolute Gasteiger partial charge is 0.332 e. The minimum absolute atomic E-state index is 0.170. The Morgan fingerprint density at radius 1 is 1.22 bits per heavy atom. The molecule has 0 spiro atoms. The molecule has 4 N–H and O–H groups in total. The third-order valence-corrected chi connectivity index (χ3v) is 4.27. The summed E-state index contributed by atoms with van der Waals surface area (Å²) in [5, 5.41) is 4.54. The van der Waals surface area contributed by atoms with Gasteiger partial charge in [-0.05, 0) is 13.8 Å². The van der Waals surface area contributed by atoms with Gasteiger partial charge in [0.15, 0.2) is 6.54 Å². The average molecular weight is 333 g/mol. The average Bonchev–Trinajstić information content (AvgIpc) is 2.96. The second-order valence-corrected chi connectivity index (χ2v) is 6.24. The fraction of sp³-hybridized carbons (Fsp3) is 0.312. The van der Waals surface area contributed by atoms with Crippen LogP contribution in [0.15, 0.2) is 35.7 Å². The maximum absolute atomic E-state index is 11.8. The number of aryl methyl sites for hydroxylation is 1. The van der Waals surface area contributed by atoms with Gasteiger partial charge in [0.25, 0.3) is 5.91 Å². The Bertz CT molecular complexity index is 657. The molecule has 1 heterocycles. The van der Waals surface area contributed by atoms with E-state index >= 15 is 0 Å². The molecule has 2 rings (SSSR count). The van der Waals surface area contributed by atoms with Crippen LogP contribution >= 0.6 is 11.3 Å². The number of nitrogens with zero attached hydrogens (tertiary/aromatic N) is 1.